The monoisotopic (exact) mass is 388 g/mol. The number of hydrogen-bond acceptors (Lipinski definition) is 2. The fraction of sp³-hybridized carbons (Fsp3) is 0.269. The SMILES string of the molecule is COc1cccc(-c2ccc(CCC(CCCc3ccccc3)C(=O)O)cc2)c1. The average Bonchev–Trinajstić information content (AvgIpc) is 2.77. The Morgan fingerprint density at radius 2 is 1.55 bits per heavy atom. The van der Waals surface area contributed by atoms with E-state index in [-0.39, 0.29) is 5.92 Å². The number of carboxylic acids is 1. The molecule has 0 aromatic heterocycles. The Kier molecular flexibility index (Phi) is 7.46. The third kappa shape index (κ3) is 6.21. The Balaban J connectivity index is 1.53. The van der Waals surface area contributed by atoms with Crippen LogP contribution in [-0.4, -0.2) is 18.2 Å². The molecule has 0 fully saturated rings. The van der Waals surface area contributed by atoms with Crippen LogP contribution in [0.25, 0.3) is 11.1 Å². The lowest BCUT2D eigenvalue weighted by atomic mass is 9.93. The Hall–Kier alpha value is -3.07. The summed E-state index contributed by atoms with van der Waals surface area (Å²) in [6, 6.07) is 26.6. The van der Waals surface area contributed by atoms with Crippen LogP contribution in [0, 0.1) is 5.92 Å². The summed E-state index contributed by atoms with van der Waals surface area (Å²) in [5, 5.41) is 9.58. The largest absolute Gasteiger partial charge is 0.497 e. The molecule has 0 saturated carbocycles. The highest BCUT2D eigenvalue weighted by Gasteiger charge is 2.17. The van der Waals surface area contributed by atoms with Gasteiger partial charge in [-0.15, -0.1) is 0 Å². The predicted octanol–water partition coefficient (Wildman–Crippen LogP) is 6.02. The van der Waals surface area contributed by atoms with E-state index in [9.17, 15) is 9.90 Å². The van der Waals surface area contributed by atoms with Gasteiger partial charge in [0.15, 0.2) is 0 Å². The number of carbonyl (C=O) groups is 1. The number of benzene rings is 3. The van der Waals surface area contributed by atoms with Gasteiger partial charge in [0.2, 0.25) is 0 Å². The van der Waals surface area contributed by atoms with Crippen molar-refractivity contribution < 1.29 is 14.6 Å². The number of aryl methyl sites for hydroxylation is 2. The van der Waals surface area contributed by atoms with Crippen LogP contribution in [0.1, 0.15) is 30.4 Å². The van der Waals surface area contributed by atoms with Gasteiger partial charge in [0, 0.05) is 0 Å². The van der Waals surface area contributed by atoms with Crippen LogP contribution in [-0.2, 0) is 17.6 Å². The molecule has 3 heteroatoms. The number of methoxy groups -OCH3 is 1. The minimum Gasteiger partial charge on any atom is -0.497 e. The maximum atomic E-state index is 11.7. The Labute approximate surface area is 173 Å². The van der Waals surface area contributed by atoms with Crippen molar-refractivity contribution in [3.8, 4) is 16.9 Å². The zero-order valence-corrected chi connectivity index (χ0v) is 16.9. The van der Waals surface area contributed by atoms with Gasteiger partial charge >= 0.3 is 5.97 Å². The van der Waals surface area contributed by atoms with E-state index in [1.54, 1.807) is 7.11 Å². The van der Waals surface area contributed by atoms with Gasteiger partial charge < -0.3 is 9.84 Å². The number of aliphatic carboxylic acids is 1. The molecule has 1 N–H and O–H groups in total. The standard InChI is InChI=1S/C26H28O3/c1-29-25-12-6-11-24(19-25)22-16-13-21(14-17-22)15-18-23(26(27)28)10-5-9-20-7-3-2-4-8-20/h2-4,6-8,11-14,16-17,19,23H,5,9-10,15,18H2,1H3,(H,27,28). The Morgan fingerprint density at radius 3 is 2.24 bits per heavy atom. The van der Waals surface area contributed by atoms with E-state index >= 15 is 0 Å². The summed E-state index contributed by atoms with van der Waals surface area (Å²) in [5.74, 6) is -0.144. The molecule has 0 amide bonds. The van der Waals surface area contributed by atoms with E-state index in [0.29, 0.717) is 12.8 Å². The van der Waals surface area contributed by atoms with E-state index in [1.807, 2.05) is 36.4 Å². The minimum absolute atomic E-state index is 0.295. The second-order valence-corrected chi connectivity index (χ2v) is 7.38. The van der Waals surface area contributed by atoms with E-state index in [1.165, 1.54) is 11.1 Å². The fourth-order valence-electron chi connectivity index (χ4n) is 3.60. The summed E-state index contributed by atoms with van der Waals surface area (Å²) < 4.78 is 5.29. The van der Waals surface area contributed by atoms with Crippen LogP contribution >= 0.6 is 0 Å². The first-order valence-corrected chi connectivity index (χ1v) is 10.2. The van der Waals surface area contributed by atoms with Gasteiger partial charge in [0.25, 0.3) is 0 Å². The number of carboxylic acid groups (broad SMARTS) is 1. The van der Waals surface area contributed by atoms with Gasteiger partial charge in [-0.1, -0.05) is 66.7 Å². The molecular formula is C26H28O3. The predicted molar refractivity (Wildman–Crippen MR) is 117 cm³/mol. The van der Waals surface area contributed by atoms with Gasteiger partial charge in [0.05, 0.1) is 13.0 Å². The second kappa shape index (κ2) is 10.5. The number of rotatable bonds is 10. The summed E-state index contributed by atoms with van der Waals surface area (Å²) >= 11 is 0. The summed E-state index contributed by atoms with van der Waals surface area (Å²) in [6.07, 6.45) is 3.99. The fourth-order valence-corrected chi connectivity index (χ4v) is 3.60. The van der Waals surface area contributed by atoms with Crippen molar-refractivity contribution in [3.63, 3.8) is 0 Å². The molecule has 0 aliphatic carbocycles. The molecule has 0 radical (unpaired) electrons. The summed E-state index contributed by atoms with van der Waals surface area (Å²) in [6.45, 7) is 0. The molecule has 0 spiro atoms. The molecular weight excluding hydrogens is 360 g/mol. The molecule has 0 aliphatic heterocycles. The molecule has 3 aromatic rings. The van der Waals surface area contributed by atoms with Gasteiger partial charge in [-0.2, -0.15) is 0 Å². The highest BCUT2D eigenvalue weighted by atomic mass is 16.5. The third-order valence-corrected chi connectivity index (χ3v) is 5.35. The minimum atomic E-state index is -0.689. The molecule has 3 aromatic carbocycles. The summed E-state index contributed by atoms with van der Waals surface area (Å²) in [5.41, 5.74) is 4.68. The third-order valence-electron chi connectivity index (χ3n) is 5.35. The smallest absolute Gasteiger partial charge is 0.306 e. The molecule has 0 bridgehead atoms. The second-order valence-electron chi connectivity index (χ2n) is 7.38. The maximum absolute atomic E-state index is 11.7. The molecule has 1 atom stereocenters. The number of ether oxygens (including phenoxy) is 1. The maximum Gasteiger partial charge on any atom is 0.306 e. The van der Waals surface area contributed by atoms with Gasteiger partial charge in [-0.3, -0.25) is 4.79 Å². The van der Waals surface area contributed by atoms with Gasteiger partial charge in [-0.05, 0) is 66.5 Å². The summed E-state index contributed by atoms with van der Waals surface area (Å²) in [7, 11) is 1.67. The molecule has 0 saturated heterocycles. The highest BCUT2D eigenvalue weighted by Crippen LogP contribution is 2.25. The van der Waals surface area contributed by atoms with Crippen LogP contribution in [0.4, 0.5) is 0 Å². The van der Waals surface area contributed by atoms with Crippen LogP contribution in [0.2, 0.25) is 0 Å². The molecule has 1 unspecified atom stereocenters. The van der Waals surface area contributed by atoms with Crippen molar-refractivity contribution in [2.45, 2.75) is 32.1 Å². The average molecular weight is 389 g/mol. The molecule has 3 rings (SSSR count). The van der Waals surface area contributed by atoms with Crippen molar-refractivity contribution in [1.82, 2.24) is 0 Å². The highest BCUT2D eigenvalue weighted by molar-refractivity contribution is 5.70. The lowest BCUT2D eigenvalue weighted by Gasteiger charge is -2.13. The lowest BCUT2D eigenvalue weighted by Crippen LogP contribution is -2.15. The van der Waals surface area contributed by atoms with E-state index < -0.39 is 5.97 Å². The first-order valence-electron chi connectivity index (χ1n) is 10.2. The molecule has 0 aliphatic rings. The van der Waals surface area contributed by atoms with Crippen molar-refractivity contribution in [2.24, 2.45) is 5.92 Å². The molecule has 150 valence electrons. The number of hydrogen-bond donors (Lipinski definition) is 1. The van der Waals surface area contributed by atoms with Crippen LogP contribution < -0.4 is 4.74 Å². The van der Waals surface area contributed by atoms with E-state index in [0.717, 1.165) is 36.1 Å². The molecule has 29 heavy (non-hydrogen) atoms. The zero-order chi connectivity index (χ0) is 20.5. The van der Waals surface area contributed by atoms with Crippen LogP contribution in [0.15, 0.2) is 78.9 Å². The van der Waals surface area contributed by atoms with Gasteiger partial charge in [-0.25, -0.2) is 0 Å². The van der Waals surface area contributed by atoms with Crippen molar-refractivity contribution in [1.29, 1.82) is 0 Å². The first-order chi connectivity index (χ1) is 14.2. The van der Waals surface area contributed by atoms with Crippen molar-refractivity contribution in [3.05, 3.63) is 90.0 Å². The Morgan fingerprint density at radius 1 is 0.828 bits per heavy atom. The quantitative estimate of drug-likeness (QED) is 0.462. The molecule has 0 heterocycles. The normalized spacial score (nSPS) is 11.8. The Bertz CT molecular complexity index is 901. The van der Waals surface area contributed by atoms with E-state index in [4.69, 9.17) is 4.74 Å². The van der Waals surface area contributed by atoms with Crippen LogP contribution in [0.5, 0.6) is 5.75 Å². The summed E-state index contributed by atoms with van der Waals surface area (Å²) in [4.78, 5) is 11.7. The lowest BCUT2D eigenvalue weighted by molar-refractivity contribution is -0.142. The molecule has 3 nitrogen and oxygen atoms in total. The topological polar surface area (TPSA) is 46.5 Å². The van der Waals surface area contributed by atoms with Gasteiger partial charge in [0.1, 0.15) is 5.75 Å². The zero-order valence-electron chi connectivity index (χ0n) is 16.9. The van der Waals surface area contributed by atoms with Crippen molar-refractivity contribution >= 4 is 5.97 Å². The van der Waals surface area contributed by atoms with E-state index in [2.05, 4.69) is 42.5 Å². The van der Waals surface area contributed by atoms with Crippen molar-refractivity contribution in [2.75, 3.05) is 7.11 Å². The van der Waals surface area contributed by atoms with Crippen LogP contribution in [0.3, 0.4) is 0 Å². The first kappa shape index (κ1) is 20.7.